The second kappa shape index (κ2) is 8.59. The van der Waals surface area contributed by atoms with Gasteiger partial charge in [0.15, 0.2) is 0 Å². The van der Waals surface area contributed by atoms with Gasteiger partial charge < -0.3 is 19.9 Å². The van der Waals surface area contributed by atoms with E-state index in [-0.39, 0.29) is 0 Å². The van der Waals surface area contributed by atoms with Gasteiger partial charge in [0.25, 0.3) is 0 Å². The standard InChI is InChI=1S/C20H25Cl2N3O/c1-24(2)9-3-8-23-12-16(26)13-25-19-6-4-14(21)10-17(19)18-11-15(22)5-7-20(18)25/h4-7,10-11,16,23,26H,3,8-9,12-13H2,1-2H3. The molecule has 1 heterocycles. The lowest BCUT2D eigenvalue weighted by atomic mass is 10.1. The molecule has 1 unspecified atom stereocenters. The molecular weight excluding hydrogens is 369 g/mol. The van der Waals surface area contributed by atoms with Gasteiger partial charge in [0.2, 0.25) is 0 Å². The van der Waals surface area contributed by atoms with E-state index in [0.29, 0.717) is 23.1 Å². The van der Waals surface area contributed by atoms with Gasteiger partial charge in [-0.15, -0.1) is 0 Å². The maximum atomic E-state index is 10.5. The third kappa shape index (κ3) is 4.51. The van der Waals surface area contributed by atoms with Crippen molar-refractivity contribution in [2.45, 2.75) is 19.1 Å². The third-order valence-corrected chi connectivity index (χ3v) is 4.99. The molecule has 0 spiro atoms. The maximum absolute atomic E-state index is 10.5. The van der Waals surface area contributed by atoms with E-state index in [9.17, 15) is 5.11 Å². The fourth-order valence-electron chi connectivity index (χ4n) is 3.31. The highest BCUT2D eigenvalue weighted by atomic mass is 35.5. The minimum atomic E-state index is -0.473. The smallest absolute Gasteiger partial charge is 0.0843 e. The summed E-state index contributed by atoms with van der Waals surface area (Å²) < 4.78 is 2.14. The molecule has 0 aliphatic carbocycles. The first-order valence-electron chi connectivity index (χ1n) is 8.86. The predicted octanol–water partition coefficient (Wildman–Crippen LogP) is 4.00. The minimum Gasteiger partial charge on any atom is -0.390 e. The molecule has 3 rings (SSSR count). The minimum absolute atomic E-state index is 0.473. The Hall–Kier alpha value is -1.30. The summed E-state index contributed by atoms with van der Waals surface area (Å²) in [6, 6.07) is 11.7. The number of hydrogen-bond donors (Lipinski definition) is 2. The van der Waals surface area contributed by atoms with Crippen molar-refractivity contribution in [2.75, 3.05) is 33.7 Å². The van der Waals surface area contributed by atoms with Gasteiger partial charge >= 0.3 is 0 Å². The molecule has 26 heavy (non-hydrogen) atoms. The van der Waals surface area contributed by atoms with Crippen LogP contribution in [0.1, 0.15) is 6.42 Å². The molecule has 1 atom stereocenters. The molecule has 2 N–H and O–H groups in total. The van der Waals surface area contributed by atoms with Crippen LogP contribution in [-0.4, -0.2) is 54.4 Å². The Labute approximate surface area is 164 Å². The predicted molar refractivity (Wildman–Crippen MR) is 112 cm³/mol. The number of benzene rings is 2. The van der Waals surface area contributed by atoms with Gasteiger partial charge in [-0.3, -0.25) is 0 Å². The summed E-state index contributed by atoms with van der Waals surface area (Å²) in [4.78, 5) is 2.16. The number of rotatable bonds is 8. The number of hydrogen-bond acceptors (Lipinski definition) is 3. The Morgan fingerprint density at radius 3 is 2.15 bits per heavy atom. The molecule has 0 aliphatic rings. The molecule has 6 heteroatoms. The topological polar surface area (TPSA) is 40.4 Å². The van der Waals surface area contributed by atoms with Crippen LogP contribution >= 0.6 is 23.2 Å². The molecule has 0 saturated carbocycles. The number of aliphatic hydroxyl groups excluding tert-OH is 1. The highest BCUT2D eigenvalue weighted by molar-refractivity contribution is 6.33. The van der Waals surface area contributed by atoms with E-state index in [1.807, 2.05) is 36.4 Å². The highest BCUT2D eigenvalue weighted by Crippen LogP contribution is 2.32. The van der Waals surface area contributed by atoms with Gasteiger partial charge in [-0.2, -0.15) is 0 Å². The van der Waals surface area contributed by atoms with Crippen LogP contribution in [0.3, 0.4) is 0 Å². The van der Waals surface area contributed by atoms with Crippen LogP contribution < -0.4 is 5.32 Å². The van der Waals surface area contributed by atoms with Gasteiger partial charge in [-0.05, 0) is 70.0 Å². The Balaban J connectivity index is 1.78. The van der Waals surface area contributed by atoms with Gasteiger partial charge in [0.1, 0.15) is 0 Å². The third-order valence-electron chi connectivity index (χ3n) is 4.52. The van der Waals surface area contributed by atoms with Crippen LogP contribution in [-0.2, 0) is 6.54 Å². The molecule has 0 fully saturated rings. The maximum Gasteiger partial charge on any atom is 0.0843 e. The van der Waals surface area contributed by atoms with E-state index in [1.54, 1.807) is 0 Å². The van der Waals surface area contributed by atoms with Gasteiger partial charge in [0.05, 0.1) is 12.6 Å². The molecule has 3 aromatic rings. The zero-order valence-corrected chi connectivity index (χ0v) is 16.7. The van der Waals surface area contributed by atoms with Crippen LogP contribution in [0.5, 0.6) is 0 Å². The highest BCUT2D eigenvalue weighted by Gasteiger charge is 2.14. The summed E-state index contributed by atoms with van der Waals surface area (Å²) in [7, 11) is 4.13. The van der Waals surface area contributed by atoms with Gasteiger partial charge in [-0.1, -0.05) is 23.2 Å². The van der Waals surface area contributed by atoms with Crippen LogP contribution in [0.4, 0.5) is 0 Å². The zero-order chi connectivity index (χ0) is 18.7. The summed E-state index contributed by atoms with van der Waals surface area (Å²) in [5.41, 5.74) is 2.11. The monoisotopic (exact) mass is 393 g/mol. The lowest BCUT2D eigenvalue weighted by Crippen LogP contribution is -2.31. The first-order valence-corrected chi connectivity index (χ1v) is 9.62. The van der Waals surface area contributed by atoms with Crippen molar-refractivity contribution in [3.8, 4) is 0 Å². The molecule has 2 aromatic carbocycles. The van der Waals surface area contributed by atoms with Gasteiger partial charge in [-0.25, -0.2) is 0 Å². The first kappa shape index (κ1) is 19.5. The number of aliphatic hydroxyl groups is 1. The molecule has 0 amide bonds. The quantitative estimate of drug-likeness (QED) is 0.568. The lowest BCUT2D eigenvalue weighted by molar-refractivity contribution is 0.154. The van der Waals surface area contributed by atoms with E-state index in [1.165, 1.54) is 0 Å². The summed E-state index contributed by atoms with van der Waals surface area (Å²) in [5, 5.41) is 17.3. The fourth-order valence-corrected chi connectivity index (χ4v) is 3.65. The molecule has 0 radical (unpaired) electrons. The lowest BCUT2D eigenvalue weighted by Gasteiger charge is -2.15. The molecular formula is C20H25Cl2N3O. The number of nitrogens with one attached hydrogen (secondary N) is 1. The Morgan fingerprint density at radius 2 is 1.62 bits per heavy atom. The fraction of sp³-hybridized carbons (Fsp3) is 0.400. The second-order valence-electron chi connectivity index (χ2n) is 6.95. The number of aromatic nitrogens is 1. The van der Waals surface area contributed by atoms with E-state index < -0.39 is 6.10 Å². The molecule has 1 aromatic heterocycles. The summed E-state index contributed by atoms with van der Waals surface area (Å²) >= 11 is 12.4. The van der Waals surface area contributed by atoms with E-state index in [0.717, 1.165) is 41.3 Å². The van der Waals surface area contributed by atoms with Crippen molar-refractivity contribution in [1.82, 2.24) is 14.8 Å². The normalized spacial score (nSPS) is 13.2. The number of fused-ring (bicyclic) bond motifs is 3. The van der Waals surface area contributed by atoms with Crippen molar-refractivity contribution >= 4 is 45.0 Å². The summed E-state index contributed by atoms with van der Waals surface area (Å²) in [6.45, 7) is 3.02. The van der Waals surface area contributed by atoms with Crippen LogP contribution in [0, 0.1) is 0 Å². The van der Waals surface area contributed by atoms with E-state index in [2.05, 4.69) is 28.9 Å². The molecule has 0 bridgehead atoms. The second-order valence-corrected chi connectivity index (χ2v) is 7.82. The average Bonchev–Trinajstić information content (AvgIpc) is 2.87. The Kier molecular flexibility index (Phi) is 6.43. The van der Waals surface area contributed by atoms with Crippen molar-refractivity contribution in [3.63, 3.8) is 0 Å². The zero-order valence-electron chi connectivity index (χ0n) is 15.2. The molecule has 140 valence electrons. The van der Waals surface area contributed by atoms with E-state index >= 15 is 0 Å². The van der Waals surface area contributed by atoms with Crippen molar-refractivity contribution < 1.29 is 5.11 Å². The number of nitrogens with zero attached hydrogens (tertiary/aromatic N) is 2. The van der Waals surface area contributed by atoms with Crippen LogP contribution in [0.25, 0.3) is 21.8 Å². The SMILES string of the molecule is CN(C)CCCNCC(O)Cn1c2ccc(Cl)cc2c2cc(Cl)ccc21. The molecule has 4 nitrogen and oxygen atoms in total. The Bertz CT molecular complexity index is 832. The van der Waals surface area contributed by atoms with Crippen LogP contribution in [0.15, 0.2) is 36.4 Å². The summed E-state index contributed by atoms with van der Waals surface area (Å²) in [5.74, 6) is 0. The van der Waals surface area contributed by atoms with E-state index in [4.69, 9.17) is 23.2 Å². The van der Waals surface area contributed by atoms with Crippen molar-refractivity contribution in [2.24, 2.45) is 0 Å². The molecule has 0 saturated heterocycles. The molecule has 0 aliphatic heterocycles. The van der Waals surface area contributed by atoms with Gasteiger partial charge in [0, 0.05) is 38.4 Å². The number of halogens is 2. The van der Waals surface area contributed by atoms with Crippen molar-refractivity contribution in [3.05, 3.63) is 46.4 Å². The first-order chi connectivity index (χ1) is 12.5. The van der Waals surface area contributed by atoms with Crippen LogP contribution in [0.2, 0.25) is 10.0 Å². The average molecular weight is 394 g/mol. The summed E-state index contributed by atoms with van der Waals surface area (Å²) in [6.07, 6.45) is 0.589. The largest absolute Gasteiger partial charge is 0.390 e. The Morgan fingerprint density at radius 1 is 1.04 bits per heavy atom. The van der Waals surface area contributed by atoms with Crippen molar-refractivity contribution in [1.29, 1.82) is 0 Å².